The summed E-state index contributed by atoms with van der Waals surface area (Å²) in [5, 5.41) is 0.418. The predicted octanol–water partition coefficient (Wildman–Crippen LogP) is 5.21. The number of halogens is 1. The average molecular weight is 309 g/mol. The van der Waals surface area contributed by atoms with Gasteiger partial charge in [0.25, 0.3) is 0 Å². The standard InChI is InChI=1S/C19H29ClO/c1-18-9-7-13(20)11-12(18)3-4-14-15-5-6-17(21)19(15,2)10-8-16(14)18/h12-16H,3-11H2,1-2H3/t12-,13+,14?,15?,16?,18?,19?/m0/s1. The van der Waals surface area contributed by atoms with Crippen LogP contribution in [-0.2, 0) is 4.79 Å². The second-order valence-electron chi connectivity index (χ2n) is 8.95. The Morgan fingerprint density at radius 2 is 1.81 bits per heavy atom. The highest BCUT2D eigenvalue weighted by Gasteiger charge is 2.60. The average Bonchev–Trinajstić information content (AvgIpc) is 2.76. The number of Topliss-reactive ketones (excluding diaryl/α,β-unsaturated/α-hetero) is 1. The summed E-state index contributed by atoms with van der Waals surface area (Å²) in [5.41, 5.74) is 0.551. The molecule has 1 nitrogen and oxygen atoms in total. The van der Waals surface area contributed by atoms with Crippen LogP contribution in [0.25, 0.3) is 0 Å². The van der Waals surface area contributed by atoms with Crippen molar-refractivity contribution < 1.29 is 4.79 Å². The number of ketones is 1. The first-order valence-electron chi connectivity index (χ1n) is 9.12. The molecule has 4 aliphatic carbocycles. The van der Waals surface area contributed by atoms with Crippen molar-refractivity contribution in [1.82, 2.24) is 0 Å². The Balaban J connectivity index is 1.64. The SMILES string of the molecule is CC12CCC3C(CC[C@H]4C[C@H](Cl)CCC34C)C1CCC2=O. The van der Waals surface area contributed by atoms with Crippen molar-refractivity contribution >= 4 is 17.4 Å². The molecule has 4 fully saturated rings. The monoisotopic (exact) mass is 308 g/mol. The lowest BCUT2D eigenvalue weighted by atomic mass is 9.45. The summed E-state index contributed by atoms with van der Waals surface area (Å²) in [5.74, 6) is 3.79. The Morgan fingerprint density at radius 1 is 1.00 bits per heavy atom. The molecule has 0 radical (unpaired) electrons. The van der Waals surface area contributed by atoms with Gasteiger partial charge in [0, 0.05) is 17.2 Å². The van der Waals surface area contributed by atoms with Gasteiger partial charge in [-0.05, 0) is 80.5 Å². The van der Waals surface area contributed by atoms with Gasteiger partial charge in [-0.2, -0.15) is 0 Å². The fraction of sp³-hybridized carbons (Fsp3) is 0.947. The molecule has 0 saturated heterocycles. The van der Waals surface area contributed by atoms with Crippen LogP contribution in [0.1, 0.15) is 71.6 Å². The first-order chi connectivity index (χ1) is 9.95. The van der Waals surface area contributed by atoms with Gasteiger partial charge >= 0.3 is 0 Å². The third-order valence-electron chi connectivity index (χ3n) is 8.31. The summed E-state index contributed by atoms with van der Waals surface area (Å²) in [4.78, 5) is 12.4. The van der Waals surface area contributed by atoms with Crippen LogP contribution in [0.5, 0.6) is 0 Å². The van der Waals surface area contributed by atoms with E-state index in [-0.39, 0.29) is 5.41 Å². The van der Waals surface area contributed by atoms with Crippen LogP contribution >= 0.6 is 11.6 Å². The second kappa shape index (κ2) is 4.73. The summed E-state index contributed by atoms with van der Waals surface area (Å²) >= 11 is 6.46. The van der Waals surface area contributed by atoms with Crippen LogP contribution in [-0.4, -0.2) is 11.2 Å². The number of hydrogen-bond donors (Lipinski definition) is 0. The molecule has 118 valence electrons. The third kappa shape index (κ3) is 1.92. The Bertz CT molecular complexity index is 460. The molecular formula is C19H29ClO. The summed E-state index contributed by atoms with van der Waals surface area (Å²) in [6.07, 6.45) is 11.0. The molecule has 0 bridgehead atoms. The molecule has 4 aliphatic rings. The molecule has 7 atom stereocenters. The van der Waals surface area contributed by atoms with E-state index in [1.807, 2.05) is 0 Å². The van der Waals surface area contributed by atoms with Gasteiger partial charge in [-0.1, -0.05) is 13.8 Å². The van der Waals surface area contributed by atoms with E-state index in [2.05, 4.69) is 13.8 Å². The highest BCUT2D eigenvalue weighted by molar-refractivity contribution is 6.20. The molecule has 4 rings (SSSR count). The van der Waals surface area contributed by atoms with Gasteiger partial charge in [-0.25, -0.2) is 0 Å². The molecule has 21 heavy (non-hydrogen) atoms. The molecule has 5 unspecified atom stereocenters. The normalized spacial score (nSPS) is 56.5. The highest BCUT2D eigenvalue weighted by atomic mass is 35.5. The highest BCUT2D eigenvalue weighted by Crippen LogP contribution is 2.65. The van der Waals surface area contributed by atoms with E-state index in [9.17, 15) is 4.79 Å². The molecular weight excluding hydrogens is 280 g/mol. The zero-order valence-electron chi connectivity index (χ0n) is 13.5. The lowest BCUT2D eigenvalue weighted by Crippen LogP contribution is -2.53. The molecule has 0 heterocycles. The predicted molar refractivity (Wildman–Crippen MR) is 86.4 cm³/mol. The minimum absolute atomic E-state index is 0.0358. The fourth-order valence-corrected chi connectivity index (χ4v) is 7.30. The van der Waals surface area contributed by atoms with Crippen molar-refractivity contribution in [1.29, 1.82) is 0 Å². The smallest absolute Gasteiger partial charge is 0.139 e. The van der Waals surface area contributed by atoms with E-state index in [1.54, 1.807) is 0 Å². The molecule has 0 aromatic carbocycles. The van der Waals surface area contributed by atoms with Gasteiger partial charge in [0.05, 0.1) is 0 Å². The van der Waals surface area contributed by atoms with E-state index in [4.69, 9.17) is 11.6 Å². The maximum atomic E-state index is 12.4. The van der Waals surface area contributed by atoms with E-state index < -0.39 is 0 Å². The van der Waals surface area contributed by atoms with Gasteiger partial charge in [0.15, 0.2) is 0 Å². The van der Waals surface area contributed by atoms with E-state index in [1.165, 1.54) is 44.9 Å². The number of fused-ring (bicyclic) bond motifs is 5. The van der Waals surface area contributed by atoms with Crippen molar-refractivity contribution in [2.45, 2.75) is 77.0 Å². The molecule has 0 aliphatic heterocycles. The Hall–Kier alpha value is -0.0400. The van der Waals surface area contributed by atoms with Crippen LogP contribution in [0, 0.1) is 34.5 Å². The topological polar surface area (TPSA) is 17.1 Å². The summed E-state index contributed by atoms with van der Waals surface area (Å²) in [6, 6.07) is 0. The van der Waals surface area contributed by atoms with Gasteiger partial charge in [-0.15, -0.1) is 11.6 Å². The number of hydrogen-bond acceptors (Lipinski definition) is 1. The molecule has 0 N–H and O–H groups in total. The Morgan fingerprint density at radius 3 is 2.62 bits per heavy atom. The van der Waals surface area contributed by atoms with Gasteiger partial charge < -0.3 is 0 Å². The second-order valence-corrected chi connectivity index (χ2v) is 9.56. The first-order valence-corrected chi connectivity index (χ1v) is 9.56. The van der Waals surface area contributed by atoms with Crippen molar-refractivity contribution in [3.8, 4) is 0 Å². The van der Waals surface area contributed by atoms with E-state index >= 15 is 0 Å². The van der Waals surface area contributed by atoms with Crippen LogP contribution < -0.4 is 0 Å². The maximum Gasteiger partial charge on any atom is 0.139 e. The zero-order valence-corrected chi connectivity index (χ0v) is 14.3. The van der Waals surface area contributed by atoms with Crippen molar-refractivity contribution in [3.63, 3.8) is 0 Å². The molecule has 0 aromatic rings. The van der Waals surface area contributed by atoms with Crippen LogP contribution in [0.4, 0.5) is 0 Å². The van der Waals surface area contributed by atoms with Crippen LogP contribution in [0.15, 0.2) is 0 Å². The zero-order chi connectivity index (χ0) is 14.8. The van der Waals surface area contributed by atoms with Crippen LogP contribution in [0.2, 0.25) is 0 Å². The minimum atomic E-state index is 0.0358. The van der Waals surface area contributed by atoms with Crippen molar-refractivity contribution in [3.05, 3.63) is 0 Å². The summed E-state index contributed by atoms with van der Waals surface area (Å²) < 4.78 is 0. The van der Waals surface area contributed by atoms with Crippen molar-refractivity contribution in [2.75, 3.05) is 0 Å². The minimum Gasteiger partial charge on any atom is -0.299 e. The fourth-order valence-electron chi connectivity index (χ4n) is 6.98. The van der Waals surface area contributed by atoms with Crippen molar-refractivity contribution in [2.24, 2.45) is 34.5 Å². The van der Waals surface area contributed by atoms with Gasteiger partial charge in [0.2, 0.25) is 0 Å². The lowest BCUT2D eigenvalue weighted by molar-refractivity contribution is -0.138. The van der Waals surface area contributed by atoms with Gasteiger partial charge in [-0.3, -0.25) is 4.79 Å². The molecule has 0 spiro atoms. The number of carbonyl (C=O) groups is 1. The number of carbonyl (C=O) groups excluding carboxylic acids is 1. The summed E-state index contributed by atoms with van der Waals surface area (Å²) in [6.45, 7) is 4.85. The first kappa shape index (κ1) is 14.5. The third-order valence-corrected chi connectivity index (χ3v) is 8.71. The molecule has 2 heteroatoms. The summed E-state index contributed by atoms with van der Waals surface area (Å²) in [7, 11) is 0. The van der Waals surface area contributed by atoms with Gasteiger partial charge in [0.1, 0.15) is 5.78 Å². The maximum absolute atomic E-state index is 12.4. The van der Waals surface area contributed by atoms with E-state index in [0.29, 0.717) is 22.5 Å². The number of alkyl halides is 1. The van der Waals surface area contributed by atoms with E-state index in [0.717, 1.165) is 30.6 Å². The molecule has 0 amide bonds. The quantitative estimate of drug-likeness (QED) is 0.562. The Labute approximate surface area is 134 Å². The lowest BCUT2D eigenvalue weighted by Gasteiger charge is -2.60. The van der Waals surface area contributed by atoms with Crippen LogP contribution in [0.3, 0.4) is 0 Å². The molecule has 4 saturated carbocycles. The molecule has 0 aromatic heterocycles. The largest absolute Gasteiger partial charge is 0.299 e. The Kier molecular flexibility index (Phi) is 3.27. The number of rotatable bonds is 0.